The summed E-state index contributed by atoms with van der Waals surface area (Å²) >= 11 is 0. The number of aromatic amines is 1. The number of carbonyl (C=O) groups is 2. The Labute approximate surface area is 194 Å². The molecule has 0 aliphatic rings. The van der Waals surface area contributed by atoms with Crippen molar-refractivity contribution in [2.75, 3.05) is 0 Å². The number of hydrogen-bond donors (Lipinski definition) is 3. The van der Waals surface area contributed by atoms with Crippen molar-refractivity contribution < 1.29 is 24.5 Å². The van der Waals surface area contributed by atoms with Crippen LogP contribution in [0.3, 0.4) is 0 Å². The first-order chi connectivity index (χ1) is 16.5. The number of aromatic hydroxyl groups is 1. The summed E-state index contributed by atoms with van der Waals surface area (Å²) in [6.07, 6.45) is 2.04. The van der Waals surface area contributed by atoms with E-state index in [1.807, 2.05) is 24.3 Å². The van der Waals surface area contributed by atoms with Gasteiger partial charge in [-0.05, 0) is 76.0 Å². The van der Waals surface area contributed by atoms with Gasteiger partial charge in [0.1, 0.15) is 12.4 Å². The second-order valence-electron chi connectivity index (χ2n) is 8.05. The predicted octanol–water partition coefficient (Wildman–Crippen LogP) is 5.07. The minimum atomic E-state index is -0.985. The maximum atomic E-state index is 12.7. The van der Waals surface area contributed by atoms with Gasteiger partial charge in [0.2, 0.25) is 0 Å². The number of H-pyrrole nitrogens is 1. The number of phenolic OH excluding ortho intramolecular Hbond substituents is 1. The molecule has 0 bridgehead atoms. The van der Waals surface area contributed by atoms with Crippen LogP contribution in [0.5, 0.6) is 5.75 Å². The third-order valence-electron chi connectivity index (χ3n) is 5.72. The van der Waals surface area contributed by atoms with Gasteiger partial charge in [-0.15, -0.1) is 0 Å². The number of rotatable bonds is 6. The van der Waals surface area contributed by atoms with Crippen molar-refractivity contribution in [3.63, 3.8) is 0 Å². The fourth-order valence-corrected chi connectivity index (χ4v) is 3.89. The molecule has 1 aromatic heterocycles. The molecule has 4 aromatic carbocycles. The smallest absolute Gasteiger partial charge is 0.338 e. The van der Waals surface area contributed by atoms with Crippen molar-refractivity contribution in [2.24, 2.45) is 0 Å². The second kappa shape index (κ2) is 8.71. The number of benzene rings is 4. The number of carboxylic acid groups (broad SMARTS) is 1. The lowest BCUT2D eigenvalue weighted by molar-refractivity contribution is 0.0472. The van der Waals surface area contributed by atoms with Gasteiger partial charge < -0.3 is 19.9 Å². The Morgan fingerprint density at radius 2 is 1.62 bits per heavy atom. The van der Waals surface area contributed by atoms with E-state index >= 15 is 0 Å². The average Bonchev–Trinajstić information content (AvgIpc) is 3.31. The first-order valence-corrected chi connectivity index (χ1v) is 10.6. The average molecular weight is 452 g/mol. The van der Waals surface area contributed by atoms with E-state index in [9.17, 15) is 14.7 Å². The molecule has 34 heavy (non-hydrogen) atoms. The summed E-state index contributed by atoms with van der Waals surface area (Å²) in [5, 5.41) is 21.1. The van der Waals surface area contributed by atoms with E-state index in [-0.39, 0.29) is 17.9 Å². The van der Waals surface area contributed by atoms with E-state index in [2.05, 4.69) is 9.97 Å². The van der Waals surface area contributed by atoms with Gasteiger partial charge >= 0.3 is 11.9 Å². The van der Waals surface area contributed by atoms with Crippen LogP contribution < -0.4 is 0 Å². The number of aromatic carboxylic acids is 1. The van der Waals surface area contributed by atoms with Crippen LogP contribution >= 0.6 is 0 Å². The molecule has 5 aromatic rings. The first kappa shape index (κ1) is 21.2. The van der Waals surface area contributed by atoms with E-state index in [4.69, 9.17) is 9.84 Å². The van der Waals surface area contributed by atoms with E-state index < -0.39 is 11.9 Å². The van der Waals surface area contributed by atoms with Crippen LogP contribution in [0, 0.1) is 0 Å². The fraction of sp³-hybridized carbons (Fsp3) is 0.0741. The van der Waals surface area contributed by atoms with Crippen LogP contribution in [0.25, 0.3) is 21.8 Å². The summed E-state index contributed by atoms with van der Waals surface area (Å²) in [7, 11) is 0. The Bertz CT molecular complexity index is 1540. The molecule has 1 heterocycles. The Kier molecular flexibility index (Phi) is 5.43. The number of nitrogens with one attached hydrogen (secondary N) is 1. The molecule has 0 spiro atoms. The minimum Gasteiger partial charge on any atom is -0.508 e. The maximum absolute atomic E-state index is 12.7. The van der Waals surface area contributed by atoms with Gasteiger partial charge in [-0.25, -0.2) is 14.6 Å². The summed E-state index contributed by atoms with van der Waals surface area (Å²) < 4.78 is 5.49. The molecule has 5 rings (SSSR count). The molecule has 0 saturated carbocycles. The van der Waals surface area contributed by atoms with Crippen LogP contribution in [-0.4, -0.2) is 32.1 Å². The monoisotopic (exact) mass is 452 g/mol. The lowest BCUT2D eigenvalue weighted by Crippen LogP contribution is -2.05. The van der Waals surface area contributed by atoms with E-state index in [1.54, 1.807) is 42.7 Å². The predicted molar refractivity (Wildman–Crippen MR) is 127 cm³/mol. The molecule has 7 nitrogen and oxygen atoms in total. The Morgan fingerprint density at radius 1 is 0.853 bits per heavy atom. The number of nitrogens with zero attached hydrogens (tertiary/aromatic N) is 1. The Morgan fingerprint density at radius 3 is 2.41 bits per heavy atom. The zero-order chi connectivity index (χ0) is 23.7. The van der Waals surface area contributed by atoms with Gasteiger partial charge in [-0.3, -0.25) is 0 Å². The normalized spacial score (nSPS) is 11.1. The lowest BCUT2D eigenvalue weighted by atomic mass is 9.98. The van der Waals surface area contributed by atoms with Gasteiger partial charge in [0.25, 0.3) is 0 Å². The molecular formula is C27H20N2O5. The summed E-state index contributed by atoms with van der Waals surface area (Å²) in [5.74, 6) is -1.29. The van der Waals surface area contributed by atoms with Crippen LogP contribution in [0.2, 0.25) is 0 Å². The van der Waals surface area contributed by atoms with E-state index in [1.165, 1.54) is 12.1 Å². The van der Waals surface area contributed by atoms with Crippen LogP contribution in [-0.2, 0) is 17.8 Å². The molecule has 168 valence electrons. The molecule has 0 atom stereocenters. The van der Waals surface area contributed by atoms with E-state index in [0.29, 0.717) is 17.5 Å². The van der Waals surface area contributed by atoms with Crippen molar-refractivity contribution in [3.8, 4) is 5.75 Å². The van der Waals surface area contributed by atoms with Crippen molar-refractivity contribution in [3.05, 3.63) is 107 Å². The molecule has 7 heteroatoms. The highest BCUT2D eigenvalue weighted by Gasteiger charge is 2.12. The minimum absolute atomic E-state index is 0.132. The van der Waals surface area contributed by atoms with Gasteiger partial charge in [0.15, 0.2) is 0 Å². The standard InChI is InChI=1S/C27H20N2O5/c30-25-13-19-6-7-20(27(33)34-14-17-3-8-23-24(10-17)29-15-28-23)11-21(19)12-22(25)9-16-1-4-18(5-2-16)26(31)32/h1-8,10-13,15,30H,9,14H2,(H,28,29)(H,31,32). The summed E-state index contributed by atoms with van der Waals surface area (Å²) in [4.78, 5) is 30.9. The fourth-order valence-electron chi connectivity index (χ4n) is 3.89. The number of carbonyl (C=O) groups excluding carboxylic acids is 1. The number of ether oxygens (including phenoxy) is 1. The molecule has 0 fully saturated rings. The zero-order valence-electron chi connectivity index (χ0n) is 18.0. The number of carboxylic acids is 1. The number of imidazole rings is 1. The number of phenols is 1. The van der Waals surface area contributed by atoms with Crippen LogP contribution in [0.1, 0.15) is 37.4 Å². The molecule has 0 unspecified atom stereocenters. The molecule has 0 amide bonds. The molecule has 3 N–H and O–H groups in total. The third kappa shape index (κ3) is 4.31. The summed E-state index contributed by atoms with van der Waals surface area (Å²) in [6, 6.07) is 20.8. The number of esters is 1. The summed E-state index contributed by atoms with van der Waals surface area (Å²) in [6.45, 7) is 0.132. The number of hydrogen-bond acceptors (Lipinski definition) is 5. The van der Waals surface area contributed by atoms with Crippen molar-refractivity contribution in [1.82, 2.24) is 9.97 Å². The third-order valence-corrected chi connectivity index (χ3v) is 5.72. The van der Waals surface area contributed by atoms with Crippen molar-refractivity contribution in [1.29, 1.82) is 0 Å². The molecule has 0 aliphatic heterocycles. The summed E-state index contributed by atoms with van der Waals surface area (Å²) in [5.41, 5.74) is 4.73. The zero-order valence-corrected chi connectivity index (χ0v) is 18.0. The van der Waals surface area contributed by atoms with Gasteiger partial charge in [-0.2, -0.15) is 0 Å². The van der Waals surface area contributed by atoms with Gasteiger partial charge in [0, 0.05) is 6.42 Å². The SMILES string of the molecule is O=C(O)c1ccc(Cc2cc3cc(C(=O)OCc4ccc5[nH]cnc5c4)ccc3cc2O)cc1. The molecule has 0 radical (unpaired) electrons. The Hall–Kier alpha value is -4.65. The van der Waals surface area contributed by atoms with Crippen LogP contribution in [0.15, 0.2) is 79.1 Å². The number of aromatic nitrogens is 2. The van der Waals surface area contributed by atoms with Gasteiger partial charge in [-0.1, -0.05) is 24.3 Å². The maximum Gasteiger partial charge on any atom is 0.338 e. The Balaban J connectivity index is 1.34. The highest BCUT2D eigenvalue weighted by Crippen LogP contribution is 2.28. The van der Waals surface area contributed by atoms with Crippen LogP contribution in [0.4, 0.5) is 0 Å². The second-order valence-corrected chi connectivity index (χ2v) is 8.05. The quantitative estimate of drug-likeness (QED) is 0.310. The van der Waals surface area contributed by atoms with Gasteiger partial charge in [0.05, 0.1) is 28.5 Å². The van der Waals surface area contributed by atoms with Crippen molar-refractivity contribution >= 4 is 33.7 Å². The first-order valence-electron chi connectivity index (χ1n) is 10.6. The lowest BCUT2D eigenvalue weighted by Gasteiger charge is -2.10. The topological polar surface area (TPSA) is 113 Å². The highest BCUT2D eigenvalue weighted by molar-refractivity contribution is 5.96. The van der Waals surface area contributed by atoms with Crippen molar-refractivity contribution in [2.45, 2.75) is 13.0 Å². The molecule has 0 aliphatic carbocycles. The molecule has 0 saturated heterocycles. The molecular weight excluding hydrogens is 432 g/mol. The number of fused-ring (bicyclic) bond motifs is 2. The largest absolute Gasteiger partial charge is 0.508 e. The highest BCUT2D eigenvalue weighted by atomic mass is 16.5. The van der Waals surface area contributed by atoms with E-state index in [0.717, 1.165) is 32.9 Å².